The Balaban J connectivity index is 2.05. The molecule has 92 valence electrons. The van der Waals surface area contributed by atoms with Gasteiger partial charge in [0.1, 0.15) is 5.75 Å². The summed E-state index contributed by atoms with van der Waals surface area (Å²) in [6, 6.07) is 16.5. The molecule has 1 aliphatic heterocycles. The average molecular weight is 258 g/mol. The topological polar surface area (TPSA) is 18.5 Å². The molecule has 2 nitrogen and oxygen atoms in total. The predicted molar refractivity (Wildman–Crippen MR) is 75.3 cm³/mol. The van der Waals surface area contributed by atoms with Crippen molar-refractivity contribution in [1.29, 1.82) is 0 Å². The Kier molecular flexibility index (Phi) is 3.31. The minimum Gasteiger partial charge on any atom is -0.443 e. The molecular formula is C15H15O2P. The van der Waals surface area contributed by atoms with E-state index in [0.29, 0.717) is 0 Å². The molecule has 3 heteroatoms. The molecular weight excluding hydrogens is 243 g/mol. The van der Waals surface area contributed by atoms with Crippen molar-refractivity contribution in [1.82, 2.24) is 0 Å². The predicted octanol–water partition coefficient (Wildman–Crippen LogP) is 4.11. The lowest BCUT2D eigenvalue weighted by atomic mass is 10.0. The van der Waals surface area contributed by atoms with Crippen LogP contribution in [0.3, 0.4) is 0 Å². The number of hydrogen-bond acceptors (Lipinski definition) is 2. The second-order valence-electron chi connectivity index (χ2n) is 4.19. The summed E-state index contributed by atoms with van der Waals surface area (Å²) in [6.45, 7) is 2.85. The molecule has 0 spiro atoms. The van der Waals surface area contributed by atoms with Crippen molar-refractivity contribution >= 4 is 13.7 Å². The Labute approximate surface area is 108 Å². The third-order valence-corrected chi connectivity index (χ3v) is 4.43. The molecule has 0 aliphatic carbocycles. The number of hydrogen-bond donors (Lipinski definition) is 0. The molecule has 0 aromatic heterocycles. The first-order valence-corrected chi connectivity index (χ1v) is 7.37. The highest BCUT2D eigenvalue weighted by Gasteiger charge is 2.26. The number of benzene rings is 2. The van der Waals surface area contributed by atoms with Crippen LogP contribution in [0.15, 0.2) is 48.5 Å². The minimum atomic E-state index is -0.980. The average Bonchev–Trinajstić information content (AvgIpc) is 2.45. The molecule has 0 bridgehead atoms. The minimum absolute atomic E-state index is 0.738. The maximum absolute atomic E-state index is 6.00. The van der Waals surface area contributed by atoms with Crippen LogP contribution >= 0.6 is 8.38 Å². The van der Waals surface area contributed by atoms with Gasteiger partial charge in [-0.05, 0) is 24.1 Å². The molecule has 1 atom stereocenters. The Hall–Kier alpha value is -1.37. The van der Waals surface area contributed by atoms with Crippen LogP contribution in [0.2, 0.25) is 0 Å². The van der Waals surface area contributed by atoms with E-state index in [0.717, 1.165) is 24.3 Å². The monoisotopic (exact) mass is 258 g/mol. The van der Waals surface area contributed by atoms with E-state index in [4.69, 9.17) is 9.05 Å². The molecule has 2 aromatic carbocycles. The van der Waals surface area contributed by atoms with Gasteiger partial charge in [-0.3, -0.25) is 0 Å². The van der Waals surface area contributed by atoms with E-state index < -0.39 is 8.38 Å². The van der Waals surface area contributed by atoms with Crippen molar-refractivity contribution < 1.29 is 9.05 Å². The van der Waals surface area contributed by atoms with Gasteiger partial charge in [-0.2, -0.15) is 0 Å². The van der Waals surface area contributed by atoms with E-state index in [9.17, 15) is 0 Å². The van der Waals surface area contributed by atoms with Gasteiger partial charge in [0.2, 0.25) is 0 Å². The highest BCUT2D eigenvalue weighted by molar-refractivity contribution is 7.56. The summed E-state index contributed by atoms with van der Waals surface area (Å²) in [7, 11) is -0.980. The maximum atomic E-state index is 6.00. The Morgan fingerprint density at radius 3 is 2.56 bits per heavy atom. The third kappa shape index (κ3) is 2.03. The van der Waals surface area contributed by atoms with Gasteiger partial charge in [0.15, 0.2) is 0 Å². The fourth-order valence-corrected chi connectivity index (χ4v) is 3.61. The van der Waals surface area contributed by atoms with Crippen molar-refractivity contribution in [3.63, 3.8) is 0 Å². The molecule has 0 N–H and O–H groups in total. The summed E-state index contributed by atoms with van der Waals surface area (Å²) in [5.41, 5.74) is 2.40. The van der Waals surface area contributed by atoms with Crippen LogP contribution in [0.25, 0.3) is 11.1 Å². The van der Waals surface area contributed by atoms with Gasteiger partial charge in [0, 0.05) is 5.56 Å². The summed E-state index contributed by atoms with van der Waals surface area (Å²) in [5, 5.41) is 1.18. The van der Waals surface area contributed by atoms with E-state index in [2.05, 4.69) is 31.2 Å². The lowest BCUT2D eigenvalue weighted by molar-refractivity contribution is 0.320. The second kappa shape index (κ2) is 5.09. The zero-order valence-electron chi connectivity index (χ0n) is 10.3. The number of fused-ring (bicyclic) bond motifs is 3. The van der Waals surface area contributed by atoms with Crippen LogP contribution in [0.4, 0.5) is 0 Å². The van der Waals surface area contributed by atoms with Gasteiger partial charge >= 0.3 is 0 Å². The van der Waals surface area contributed by atoms with Gasteiger partial charge in [-0.15, -0.1) is 0 Å². The molecule has 1 aliphatic rings. The molecule has 0 saturated carbocycles. The Morgan fingerprint density at radius 2 is 1.72 bits per heavy atom. The first kappa shape index (κ1) is 11.7. The van der Waals surface area contributed by atoms with Crippen molar-refractivity contribution in [3.8, 4) is 16.9 Å². The second-order valence-corrected chi connectivity index (χ2v) is 5.63. The highest BCUT2D eigenvalue weighted by Crippen LogP contribution is 2.49. The number of para-hydroxylation sites is 1. The van der Waals surface area contributed by atoms with Gasteiger partial charge in [-0.1, -0.05) is 43.3 Å². The van der Waals surface area contributed by atoms with Crippen LogP contribution in [0.1, 0.15) is 13.3 Å². The fraction of sp³-hybridized carbons (Fsp3) is 0.200. The van der Waals surface area contributed by atoms with Crippen molar-refractivity contribution in [2.75, 3.05) is 6.61 Å². The van der Waals surface area contributed by atoms with Crippen molar-refractivity contribution in [2.24, 2.45) is 0 Å². The maximum Gasteiger partial charge on any atom is 0.265 e. The highest BCUT2D eigenvalue weighted by atomic mass is 31.2. The summed E-state index contributed by atoms with van der Waals surface area (Å²) in [5.74, 6) is 0.929. The molecule has 1 unspecified atom stereocenters. The zero-order valence-corrected chi connectivity index (χ0v) is 11.2. The lowest BCUT2D eigenvalue weighted by Gasteiger charge is -2.26. The van der Waals surface area contributed by atoms with Gasteiger partial charge in [0.05, 0.1) is 11.9 Å². The quantitative estimate of drug-likeness (QED) is 0.771. The Morgan fingerprint density at radius 1 is 1.00 bits per heavy atom. The Bertz CT molecular complexity index is 554. The van der Waals surface area contributed by atoms with Gasteiger partial charge in [-0.25, -0.2) is 0 Å². The first-order valence-electron chi connectivity index (χ1n) is 6.19. The zero-order chi connectivity index (χ0) is 12.4. The van der Waals surface area contributed by atoms with E-state index >= 15 is 0 Å². The normalized spacial score (nSPS) is 16.6. The van der Waals surface area contributed by atoms with E-state index in [1.54, 1.807) is 0 Å². The van der Waals surface area contributed by atoms with Crippen molar-refractivity contribution in [2.45, 2.75) is 13.3 Å². The smallest absolute Gasteiger partial charge is 0.265 e. The lowest BCUT2D eigenvalue weighted by Crippen LogP contribution is -2.15. The first-order chi connectivity index (χ1) is 8.90. The van der Waals surface area contributed by atoms with E-state index in [1.165, 1.54) is 10.9 Å². The SMILES string of the molecule is CCCOP1Oc2ccccc2-c2ccccc21. The van der Waals surface area contributed by atoms with Crippen LogP contribution in [-0.4, -0.2) is 6.61 Å². The van der Waals surface area contributed by atoms with E-state index in [1.807, 2.05) is 24.3 Å². The number of rotatable bonds is 3. The van der Waals surface area contributed by atoms with Crippen molar-refractivity contribution in [3.05, 3.63) is 48.5 Å². The molecule has 0 amide bonds. The largest absolute Gasteiger partial charge is 0.443 e. The molecule has 2 aromatic rings. The fourth-order valence-electron chi connectivity index (χ4n) is 2.04. The summed E-state index contributed by atoms with van der Waals surface area (Å²) in [6.07, 6.45) is 1.01. The standard InChI is InChI=1S/C15H15O2P/c1-2-11-16-18-15-10-6-4-8-13(15)12-7-3-5-9-14(12)17-18/h3-10H,2,11H2,1H3. The molecule has 1 heterocycles. The molecule has 0 saturated heterocycles. The molecule has 18 heavy (non-hydrogen) atoms. The van der Waals surface area contributed by atoms with Gasteiger partial charge in [0.25, 0.3) is 8.38 Å². The molecule has 3 rings (SSSR count). The summed E-state index contributed by atoms with van der Waals surface area (Å²) in [4.78, 5) is 0. The van der Waals surface area contributed by atoms with E-state index in [-0.39, 0.29) is 0 Å². The summed E-state index contributed by atoms with van der Waals surface area (Å²) < 4.78 is 11.9. The van der Waals surface area contributed by atoms with Crippen LogP contribution in [-0.2, 0) is 4.52 Å². The molecule has 0 radical (unpaired) electrons. The van der Waals surface area contributed by atoms with Gasteiger partial charge < -0.3 is 9.05 Å². The third-order valence-electron chi connectivity index (χ3n) is 2.87. The van der Waals surface area contributed by atoms with Crippen LogP contribution in [0.5, 0.6) is 5.75 Å². The van der Waals surface area contributed by atoms with Crippen LogP contribution < -0.4 is 9.83 Å². The summed E-state index contributed by atoms with van der Waals surface area (Å²) >= 11 is 0. The van der Waals surface area contributed by atoms with Crippen LogP contribution in [0, 0.1) is 0 Å². The molecule has 0 fully saturated rings.